The summed E-state index contributed by atoms with van der Waals surface area (Å²) in [5, 5.41) is 0.631. The van der Waals surface area contributed by atoms with Crippen molar-refractivity contribution < 1.29 is 22.7 Å². The van der Waals surface area contributed by atoms with E-state index in [4.69, 9.17) is 10.5 Å². The van der Waals surface area contributed by atoms with Crippen molar-refractivity contribution >= 4 is 28.3 Å². The first-order valence-electron chi connectivity index (χ1n) is 8.33. The van der Waals surface area contributed by atoms with Crippen LogP contribution < -0.4 is 10.5 Å². The van der Waals surface area contributed by atoms with Gasteiger partial charge in [0.25, 0.3) is 5.91 Å². The lowest BCUT2D eigenvalue weighted by atomic mass is 10.1. The van der Waals surface area contributed by atoms with Gasteiger partial charge in [-0.15, -0.1) is 11.3 Å². The molecule has 4 aromatic rings. The molecule has 4 rings (SSSR count). The number of imidazole rings is 1. The molecule has 2 N–H and O–H groups in total. The molecular weight excluding hydrogens is 405 g/mol. The Hall–Kier alpha value is -3.40. The summed E-state index contributed by atoms with van der Waals surface area (Å²) in [6.07, 6.45) is 0.370. The summed E-state index contributed by atoms with van der Waals surface area (Å²) in [6, 6.07) is 8.20. The van der Waals surface area contributed by atoms with Gasteiger partial charge >= 0.3 is 6.18 Å². The van der Waals surface area contributed by atoms with Gasteiger partial charge in [0.15, 0.2) is 0 Å². The van der Waals surface area contributed by atoms with Crippen LogP contribution in [0.5, 0.6) is 5.75 Å². The molecule has 0 fully saturated rings. The van der Waals surface area contributed by atoms with Gasteiger partial charge in [-0.3, -0.25) is 14.3 Å². The van der Waals surface area contributed by atoms with Gasteiger partial charge < -0.3 is 10.5 Å². The molecule has 0 bridgehead atoms. The second kappa shape index (κ2) is 7.21. The van der Waals surface area contributed by atoms with Crippen molar-refractivity contribution in [2.24, 2.45) is 5.73 Å². The van der Waals surface area contributed by atoms with Crippen molar-refractivity contribution in [2.45, 2.75) is 12.8 Å². The number of pyridine rings is 1. The third-order valence-electron chi connectivity index (χ3n) is 4.14. The number of carbonyl (C=O) groups excluding carboxylic acids is 1. The number of fused-ring (bicyclic) bond motifs is 1. The van der Waals surface area contributed by atoms with E-state index in [2.05, 4.69) is 9.97 Å². The Morgan fingerprint density at radius 2 is 2.07 bits per heavy atom. The standard InChI is InChI=1S/C19H13F3N4O2S/c20-19(21,22)12-3-1-2-11(6-12)9-28-15-7-16(29-17(15)18(23)27)26-10-25-13-8-24-5-4-14(13)26/h1-8,10H,9H2,(H2,23,27). The van der Waals surface area contributed by atoms with E-state index in [0.29, 0.717) is 16.1 Å². The number of carbonyl (C=O) groups is 1. The Bertz CT molecular complexity index is 1200. The fourth-order valence-corrected chi connectivity index (χ4v) is 3.74. The first kappa shape index (κ1) is 18.9. The smallest absolute Gasteiger partial charge is 0.416 e. The van der Waals surface area contributed by atoms with Gasteiger partial charge in [0, 0.05) is 12.3 Å². The third-order valence-corrected chi connectivity index (χ3v) is 5.27. The highest BCUT2D eigenvalue weighted by Crippen LogP contribution is 2.34. The van der Waals surface area contributed by atoms with E-state index in [0.717, 1.165) is 29.0 Å². The molecule has 0 radical (unpaired) electrons. The van der Waals surface area contributed by atoms with Gasteiger partial charge in [-0.1, -0.05) is 12.1 Å². The number of aromatic nitrogens is 3. The van der Waals surface area contributed by atoms with Crippen LogP contribution in [-0.4, -0.2) is 20.4 Å². The Balaban J connectivity index is 1.64. The van der Waals surface area contributed by atoms with Crippen LogP contribution in [0.2, 0.25) is 0 Å². The van der Waals surface area contributed by atoms with Crippen LogP contribution in [0.3, 0.4) is 0 Å². The summed E-state index contributed by atoms with van der Waals surface area (Å²) in [7, 11) is 0. The summed E-state index contributed by atoms with van der Waals surface area (Å²) in [6.45, 7) is -0.144. The lowest BCUT2D eigenvalue weighted by Gasteiger charge is -2.09. The fraction of sp³-hybridized carbons (Fsp3) is 0.105. The molecule has 0 unspecified atom stereocenters. The number of nitrogens with zero attached hydrogens (tertiary/aromatic N) is 3. The fourth-order valence-electron chi connectivity index (χ4n) is 2.80. The average Bonchev–Trinajstić information content (AvgIpc) is 3.30. The molecule has 0 aliphatic carbocycles. The number of amides is 1. The Labute approximate surface area is 166 Å². The number of halogens is 3. The molecule has 0 aliphatic heterocycles. The summed E-state index contributed by atoms with van der Waals surface area (Å²) < 4.78 is 46.0. The van der Waals surface area contributed by atoms with Gasteiger partial charge in [0.05, 0.1) is 17.3 Å². The van der Waals surface area contributed by atoms with Crippen molar-refractivity contribution in [3.63, 3.8) is 0 Å². The van der Waals surface area contributed by atoms with Crippen LogP contribution in [-0.2, 0) is 12.8 Å². The SMILES string of the molecule is NC(=O)c1sc(-n2cnc3cnccc32)cc1OCc1cccc(C(F)(F)F)c1. The molecule has 0 aliphatic rings. The van der Waals surface area contributed by atoms with E-state index in [1.807, 2.05) is 0 Å². The van der Waals surface area contributed by atoms with Gasteiger partial charge in [0.2, 0.25) is 0 Å². The van der Waals surface area contributed by atoms with Crippen LogP contribution in [0.25, 0.3) is 16.0 Å². The number of benzene rings is 1. The number of alkyl halides is 3. The largest absolute Gasteiger partial charge is 0.487 e. The zero-order valence-electron chi connectivity index (χ0n) is 14.7. The maximum atomic E-state index is 12.9. The van der Waals surface area contributed by atoms with E-state index in [1.165, 1.54) is 12.1 Å². The van der Waals surface area contributed by atoms with Gasteiger partial charge in [0.1, 0.15) is 34.1 Å². The Kier molecular flexibility index (Phi) is 4.71. The van der Waals surface area contributed by atoms with Crippen LogP contribution in [0, 0.1) is 0 Å². The van der Waals surface area contributed by atoms with Gasteiger partial charge in [-0.05, 0) is 23.8 Å². The zero-order valence-corrected chi connectivity index (χ0v) is 15.5. The number of ether oxygens (including phenoxy) is 1. The first-order chi connectivity index (χ1) is 13.8. The Morgan fingerprint density at radius 3 is 2.83 bits per heavy atom. The minimum Gasteiger partial charge on any atom is -0.487 e. The van der Waals surface area contributed by atoms with Crippen LogP contribution in [0.15, 0.2) is 55.1 Å². The molecule has 6 nitrogen and oxygen atoms in total. The molecule has 0 saturated heterocycles. The number of thiophene rings is 1. The van der Waals surface area contributed by atoms with Crippen LogP contribution >= 0.6 is 11.3 Å². The normalized spacial score (nSPS) is 11.7. The van der Waals surface area contributed by atoms with E-state index >= 15 is 0 Å². The van der Waals surface area contributed by atoms with E-state index in [-0.39, 0.29) is 17.2 Å². The first-order valence-corrected chi connectivity index (χ1v) is 9.14. The second-order valence-electron chi connectivity index (χ2n) is 6.11. The quantitative estimate of drug-likeness (QED) is 0.527. The van der Waals surface area contributed by atoms with Crippen molar-refractivity contribution in [3.05, 3.63) is 71.1 Å². The van der Waals surface area contributed by atoms with Gasteiger partial charge in [-0.2, -0.15) is 13.2 Å². The topological polar surface area (TPSA) is 83.0 Å². The minimum atomic E-state index is -4.44. The monoisotopic (exact) mass is 418 g/mol. The summed E-state index contributed by atoms with van der Waals surface area (Å²) in [5.74, 6) is -0.489. The molecule has 1 aromatic carbocycles. The molecule has 3 aromatic heterocycles. The highest BCUT2D eigenvalue weighted by Gasteiger charge is 2.30. The number of primary amides is 1. The molecule has 0 spiro atoms. The number of rotatable bonds is 5. The number of nitrogens with two attached hydrogens (primary N) is 1. The zero-order chi connectivity index (χ0) is 20.6. The van der Waals surface area contributed by atoms with Crippen LogP contribution in [0.4, 0.5) is 13.2 Å². The van der Waals surface area contributed by atoms with Crippen molar-refractivity contribution in [2.75, 3.05) is 0 Å². The predicted molar refractivity (Wildman–Crippen MR) is 101 cm³/mol. The highest BCUT2D eigenvalue weighted by atomic mass is 32.1. The molecule has 0 saturated carbocycles. The summed E-state index contributed by atoms with van der Waals surface area (Å²) >= 11 is 1.11. The summed E-state index contributed by atoms with van der Waals surface area (Å²) in [4.78, 5) is 20.3. The van der Waals surface area contributed by atoms with Gasteiger partial charge in [-0.25, -0.2) is 4.98 Å². The molecular formula is C19H13F3N4O2S. The van der Waals surface area contributed by atoms with E-state index < -0.39 is 17.6 Å². The maximum Gasteiger partial charge on any atom is 0.416 e. The van der Waals surface area contributed by atoms with E-state index in [1.54, 1.807) is 35.4 Å². The molecule has 148 valence electrons. The minimum absolute atomic E-state index is 0.144. The van der Waals surface area contributed by atoms with E-state index in [9.17, 15) is 18.0 Å². The maximum absolute atomic E-state index is 12.9. The lowest BCUT2D eigenvalue weighted by Crippen LogP contribution is -2.11. The highest BCUT2D eigenvalue weighted by molar-refractivity contribution is 7.16. The second-order valence-corrected chi connectivity index (χ2v) is 7.14. The Morgan fingerprint density at radius 1 is 1.24 bits per heavy atom. The average molecular weight is 418 g/mol. The number of hydrogen-bond acceptors (Lipinski definition) is 5. The lowest BCUT2D eigenvalue weighted by molar-refractivity contribution is -0.137. The number of hydrogen-bond donors (Lipinski definition) is 1. The van der Waals surface area contributed by atoms with Crippen molar-refractivity contribution in [1.82, 2.24) is 14.5 Å². The molecule has 10 heteroatoms. The molecule has 3 heterocycles. The van der Waals surface area contributed by atoms with Crippen molar-refractivity contribution in [3.8, 4) is 10.8 Å². The van der Waals surface area contributed by atoms with Crippen LogP contribution in [0.1, 0.15) is 20.8 Å². The summed E-state index contributed by atoms with van der Waals surface area (Å²) in [5.41, 5.74) is 6.46. The predicted octanol–water partition coefficient (Wildman–Crippen LogP) is 4.18. The van der Waals surface area contributed by atoms with Crippen molar-refractivity contribution in [1.29, 1.82) is 0 Å². The molecule has 0 atom stereocenters. The third kappa shape index (κ3) is 3.79. The molecule has 1 amide bonds. The molecule has 29 heavy (non-hydrogen) atoms.